The summed E-state index contributed by atoms with van der Waals surface area (Å²) in [4.78, 5) is 0. The first kappa shape index (κ1) is 11.9. The van der Waals surface area contributed by atoms with Crippen LogP contribution in [0.15, 0.2) is 24.3 Å². The Kier molecular flexibility index (Phi) is 2.61. The number of hydrogen-bond donors (Lipinski definition) is 1. The van der Waals surface area contributed by atoms with Crippen LogP contribution in [-0.2, 0) is 7.05 Å². The van der Waals surface area contributed by atoms with E-state index in [1.54, 1.807) is 0 Å². The number of aliphatic hydroxyl groups is 1. The molecule has 0 bridgehead atoms. The molecule has 2 aromatic rings. The summed E-state index contributed by atoms with van der Waals surface area (Å²) in [5, 5.41) is 9.62. The summed E-state index contributed by atoms with van der Waals surface area (Å²) in [7, 11) is 1.35. The van der Waals surface area contributed by atoms with Gasteiger partial charge in [-0.25, -0.2) is 4.39 Å². The molecule has 17 heavy (non-hydrogen) atoms. The lowest BCUT2D eigenvalue weighted by Crippen LogP contribution is -2.22. The minimum absolute atomic E-state index is 0.307. The molecular weight excluding hydrogens is 238 g/mol. The molecule has 1 aromatic carbocycles. The van der Waals surface area contributed by atoms with Crippen molar-refractivity contribution in [3.63, 3.8) is 0 Å². The molecule has 0 aliphatic heterocycles. The van der Waals surface area contributed by atoms with E-state index in [1.165, 1.54) is 19.2 Å². The molecule has 0 amide bonds. The zero-order valence-corrected chi connectivity index (χ0v) is 8.79. The molecule has 2 rings (SSSR count). The number of hydrogen-bond acceptors (Lipinski definition) is 1. The Morgan fingerprint density at radius 3 is 2.47 bits per heavy atom. The van der Waals surface area contributed by atoms with Crippen molar-refractivity contribution in [2.24, 2.45) is 7.05 Å². The van der Waals surface area contributed by atoms with E-state index in [0.29, 0.717) is 10.9 Å². The maximum atomic E-state index is 13.0. The van der Waals surface area contributed by atoms with E-state index >= 15 is 0 Å². The first-order valence-electron chi connectivity index (χ1n) is 4.80. The van der Waals surface area contributed by atoms with E-state index in [4.69, 9.17) is 5.11 Å². The lowest BCUT2D eigenvalue weighted by molar-refractivity contribution is -0.208. The van der Waals surface area contributed by atoms with Gasteiger partial charge < -0.3 is 9.67 Å². The van der Waals surface area contributed by atoms with Crippen molar-refractivity contribution in [1.29, 1.82) is 0 Å². The van der Waals surface area contributed by atoms with E-state index in [9.17, 15) is 17.6 Å². The molecule has 1 unspecified atom stereocenters. The quantitative estimate of drug-likeness (QED) is 0.770. The number of nitrogens with zero attached hydrogens (tertiary/aromatic N) is 1. The van der Waals surface area contributed by atoms with Crippen LogP contribution >= 0.6 is 0 Å². The van der Waals surface area contributed by atoms with E-state index in [0.717, 1.165) is 16.7 Å². The Hall–Kier alpha value is -1.56. The molecule has 92 valence electrons. The number of rotatable bonds is 1. The molecule has 0 spiro atoms. The van der Waals surface area contributed by atoms with E-state index < -0.39 is 18.1 Å². The van der Waals surface area contributed by atoms with Gasteiger partial charge in [0.15, 0.2) is 6.10 Å². The van der Waals surface area contributed by atoms with Crippen molar-refractivity contribution < 1.29 is 22.7 Å². The molecule has 1 N–H and O–H groups in total. The van der Waals surface area contributed by atoms with Gasteiger partial charge in [-0.05, 0) is 24.3 Å². The van der Waals surface area contributed by atoms with Crippen LogP contribution in [0.5, 0.6) is 0 Å². The fourth-order valence-electron chi connectivity index (χ4n) is 1.75. The Morgan fingerprint density at radius 1 is 1.24 bits per heavy atom. The zero-order chi connectivity index (χ0) is 12.8. The molecule has 0 radical (unpaired) electrons. The molecule has 1 heterocycles. The summed E-state index contributed by atoms with van der Waals surface area (Å²) in [6.45, 7) is 0. The first-order chi connectivity index (χ1) is 7.80. The van der Waals surface area contributed by atoms with Crippen LogP contribution in [0.25, 0.3) is 10.9 Å². The Labute approximate surface area is 94.1 Å². The van der Waals surface area contributed by atoms with Gasteiger partial charge in [-0.3, -0.25) is 0 Å². The van der Waals surface area contributed by atoms with Gasteiger partial charge in [-0.2, -0.15) is 13.2 Å². The smallest absolute Gasteiger partial charge is 0.378 e. The predicted molar refractivity (Wildman–Crippen MR) is 53.9 cm³/mol. The zero-order valence-electron chi connectivity index (χ0n) is 8.79. The largest absolute Gasteiger partial charge is 0.420 e. The molecular formula is C11H9F4NO. The van der Waals surface area contributed by atoms with Crippen LogP contribution in [0.3, 0.4) is 0 Å². The van der Waals surface area contributed by atoms with Crippen molar-refractivity contribution in [2.75, 3.05) is 0 Å². The summed E-state index contributed by atoms with van der Waals surface area (Å²) in [5.41, 5.74) is 0.00130. The fourth-order valence-corrected chi connectivity index (χ4v) is 1.75. The van der Waals surface area contributed by atoms with Crippen molar-refractivity contribution in [1.82, 2.24) is 4.57 Å². The van der Waals surface area contributed by atoms with Gasteiger partial charge in [-0.15, -0.1) is 0 Å². The third-order valence-electron chi connectivity index (χ3n) is 2.63. The van der Waals surface area contributed by atoms with Gasteiger partial charge in [0.2, 0.25) is 0 Å². The summed E-state index contributed by atoms with van der Waals surface area (Å²) in [6.07, 6.45) is -7.30. The van der Waals surface area contributed by atoms with Gasteiger partial charge in [0.25, 0.3) is 0 Å². The lowest BCUT2D eigenvalue weighted by atomic mass is 10.2. The summed E-state index contributed by atoms with van der Waals surface area (Å²) >= 11 is 0. The first-order valence-corrected chi connectivity index (χ1v) is 4.80. The highest BCUT2D eigenvalue weighted by Crippen LogP contribution is 2.34. The van der Waals surface area contributed by atoms with Crippen LogP contribution in [-0.4, -0.2) is 15.8 Å². The molecule has 6 heteroatoms. The van der Waals surface area contributed by atoms with E-state index in [-0.39, 0.29) is 5.69 Å². The van der Waals surface area contributed by atoms with E-state index in [1.807, 2.05) is 0 Å². The number of benzene rings is 1. The number of halogens is 4. The average Bonchev–Trinajstić information content (AvgIpc) is 2.54. The normalized spacial score (nSPS) is 14.2. The number of aliphatic hydroxyl groups excluding tert-OH is 1. The van der Waals surface area contributed by atoms with Crippen LogP contribution in [0.1, 0.15) is 11.8 Å². The third kappa shape index (κ3) is 2.00. The topological polar surface area (TPSA) is 25.2 Å². The summed E-state index contributed by atoms with van der Waals surface area (Å²) in [6, 6.07) is 4.86. The SMILES string of the molecule is Cn1c(C(O)C(F)(F)F)cc2ccc(F)cc21. The second-order valence-electron chi connectivity index (χ2n) is 3.78. The lowest BCUT2D eigenvalue weighted by Gasteiger charge is -2.15. The number of aryl methyl sites for hydroxylation is 1. The van der Waals surface area contributed by atoms with Crippen molar-refractivity contribution in [3.8, 4) is 0 Å². The second-order valence-corrected chi connectivity index (χ2v) is 3.78. The van der Waals surface area contributed by atoms with Crippen molar-refractivity contribution in [3.05, 3.63) is 35.8 Å². The number of aromatic nitrogens is 1. The molecule has 0 fully saturated rings. The maximum Gasteiger partial charge on any atom is 0.420 e. The maximum absolute atomic E-state index is 13.0. The van der Waals surface area contributed by atoms with Crippen LogP contribution < -0.4 is 0 Å². The van der Waals surface area contributed by atoms with Gasteiger partial charge >= 0.3 is 6.18 Å². The van der Waals surface area contributed by atoms with Gasteiger partial charge in [0.05, 0.1) is 11.2 Å². The predicted octanol–water partition coefficient (Wildman–Crippen LogP) is 2.91. The summed E-state index contributed by atoms with van der Waals surface area (Å²) in [5.74, 6) is -0.535. The van der Waals surface area contributed by atoms with Gasteiger partial charge in [0, 0.05) is 12.4 Å². The second kappa shape index (κ2) is 3.73. The fraction of sp³-hybridized carbons (Fsp3) is 0.273. The molecule has 0 saturated carbocycles. The molecule has 0 aliphatic carbocycles. The minimum atomic E-state index is -4.74. The Bertz CT molecular complexity index is 558. The Morgan fingerprint density at radius 2 is 1.88 bits per heavy atom. The third-order valence-corrected chi connectivity index (χ3v) is 2.63. The van der Waals surface area contributed by atoms with Crippen molar-refractivity contribution in [2.45, 2.75) is 12.3 Å². The van der Waals surface area contributed by atoms with Gasteiger partial charge in [0.1, 0.15) is 5.82 Å². The molecule has 1 aromatic heterocycles. The van der Waals surface area contributed by atoms with E-state index in [2.05, 4.69) is 0 Å². The van der Waals surface area contributed by atoms with Gasteiger partial charge in [-0.1, -0.05) is 0 Å². The molecule has 0 saturated heterocycles. The highest BCUT2D eigenvalue weighted by atomic mass is 19.4. The standard InChI is InChI=1S/C11H9F4NO/c1-16-8-5-7(12)3-2-6(8)4-9(16)10(17)11(13,14)15/h2-5,10,17H,1H3. The molecule has 1 atom stereocenters. The highest BCUT2D eigenvalue weighted by molar-refractivity contribution is 5.81. The number of alkyl halides is 3. The minimum Gasteiger partial charge on any atom is -0.378 e. The Balaban J connectivity index is 2.60. The van der Waals surface area contributed by atoms with Crippen LogP contribution in [0, 0.1) is 5.82 Å². The number of fused-ring (bicyclic) bond motifs is 1. The highest BCUT2D eigenvalue weighted by Gasteiger charge is 2.41. The average molecular weight is 247 g/mol. The molecule has 2 nitrogen and oxygen atoms in total. The van der Waals surface area contributed by atoms with Crippen molar-refractivity contribution >= 4 is 10.9 Å². The van der Waals surface area contributed by atoms with Crippen LogP contribution in [0.2, 0.25) is 0 Å². The van der Waals surface area contributed by atoms with Crippen LogP contribution in [0.4, 0.5) is 17.6 Å². The molecule has 0 aliphatic rings. The summed E-state index contributed by atoms with van der Waals surface area (Å²) < 4.78 is 51.3. The monoisotopic (exact) mass is 247 g/mol.